The van der Waals surface area contributed by atoms with Gasteiger partial charge in [0.25, 0.3) is 0 Å². The molecule has 126 valence electrons. The minimum absolute atomic E-state index is 0. The zero-order valence-corrected chi connectivity index (χ0v) is 12.7. The highest BCUT2D eigenvalue weighted by Crippen LogP contribution is 2.22. The maximum atomic E-state index is 12.0. The Kier molecular flexibility index (Phi) is 9.55. The highest BCUT2D eigenvalue weighted by molar-refractivity contribution is 5.85. The van der Waals surface area contributed by atoms with Gasteiger partial charge in [0, 0.05) is 20.2 Å². The monoisotopic (exact) mass is 342 g/mol. The first-order valence-corrected chi connectivity index (χ1v) is 6.22. The van der Waals surface area contributed by atoms with E-state index in [0.29, 0.717) is 18.7 Å². The number of carbonyl (C=O) groups is 1. The Morgan fingerprint density at radius 2 is 1.86 bits per heavy atom. The Bertz CT molecular complexity index is 441. The van der Waals surface area contributed by atoms with Crippen LogP contribution in [0.5, 0.6) is 5.75 Å². The highest BCUT2D eigenvalue weighted by Gasteiger charge is 2.30. The number of carbonyl (C=O) groups excluding carboxylic acids is 1. The van der Waals surface area contributed by atoms with Gasteiger partial charge in [0.1, 0.15) is 5.75 Å². The summed E-state index contributed by atoms with van der Waals surface area (Å²) in [7, 11) is 1.56. The van der Waals surface area contributed by atoms with Gasteiger partial charge in [-0.2, -0.15) is 0 Å². The molecule has 0 unspecified atom stereocenters. The van der Waals surface area contributed by atoms with Gasteiger partial charge in [0.2, 0.25) is 5.91 Å². The molecule has 1 rings (SSSR count). The first-order valence-electron chi connectivity index (χ1n) is 6.22. The summed E-state index contributed by atoms with van der Waals surface area (Å²) >= 11 is 0. The minimum Gasteiger partial charge on any atom is -0.406 e. The van der Waals surface area contributed by atoms with E-state index in [-0.39, 0.29) is 37.2 Å². The van der Waals surface area contributed by atoms with Crippen LogP contribution in [-0.4, -0.2) is 39.1 Å². The first kappa shape index (κ1) is 20.5. The van der Waals surface area contributed by atoms with E-state index in [1.54, 1.807) is 7.11 Å². The predicted molar refractivity (Wildman–Crippen MR) is 77.0 cm³/mol. The fourth-order valence-corrected chi connectivity index (χ4v) is 1.45. The third-order valence-electron chi connectivity index (χ3n) is 2.42. The number of nitrogens with one attached hydrogen (secondary N) is 2. The lowest BCUT2D eigenvalue weighted by Crippen LogP contribution is -2.34. The molecule has 0 heterocycles. The van der Waals surface area contributed by atoms with Crippen molar-refractivity contribution in [2.24, 2.45) is 0 Å². The molecule has 0 saturated carbocycles. The number of hydrogen-bond acceptors (Lipinski definition) is 4. The van der Waals surface area contributed by atoms with Crippen LogP contribution in [0.25, 0.3) is 0 Å². The number of halogens is 4. The molecular formula is C13H18ClF3N2O3. The Morgan fingerprint density at radius 3 is 2.41 bits per heavy atom. The second-order valence-electron chi connectivity index (χ2n) is 4.14. The molecule has 0 radical (unpaired) electrons. The molecule has 22 heavy (non-hydrogen) atoms. The average Bonchev–Trinajstić information content (AvgIpc) is 2.41. The van der Waals surface area contributed by atoms with Crippen molar-refractivity contribution in [1.82, 2.24) is 10.6 Å². The zero-order chi connectivity index (χ0) is 15.7. The molecular weight excluding hydrogens is 325 g/mol. The van der Waals surface area contributed by atoms with Gasteiger partial charge < -0.3 is 20.1 Å². The SMILES string of the molecule is COCCNCC(=O)NCc1ccc(OC(F)(F)F)cc1.Cl. The first-order chi connectivity index (χ1) is 9.90. The van der Waals surface area contributed by atoms with Crippen LogP contribution in [0.1, 0.15) is 5.56 Å². The van der Waals surface area contributed by atoms with Crippen LogP contribution in [0.4, 0.5) is 13.2 Å². The van der Waals surface area contributed by atoms with E-state index >= 15 is 0 Å². The van der Waals surface area contributed by atoms with Gasteiger partial charge in [-0.1, -0.05) is 12.1 Å². The fourth-order valence-electron chi connectivity index (χ4n) is 1.45. The molecule has 0 fully saturated rings. The van der Waals surface area contributed by atoms with E-state index < -0.39 is 6.36 Å². The molecule has 0 aliphatic carbocycles. The van der Waals surface area contributed by atoms with E-state index in [1.165, 1.54) is 24.3 Å². The number of methoxy groups -OCH3 is 1. The summed E-state index contributed by atoms with van der Waals surface area (Å²) < 4.78 is 44.5. The lowest BCUT2D eigenvalue weighted by atomic mass is 10.2. The summed E-state index contributed by atoms with van der Waals surface area (Å²) in [6.07, 6.45) is -4.70. The summed E-state index contributed by atoms with van der Waals surface area (Å²) in [5, 5.41) is 5.51. The highest BCUT2D eigenvalue weighted by atomic mass is 35.5. The van der Waals surface area contributed by atoms with Crippen molar-refractivity contribution in [3.8, 4) is 5.75 Å². The Hall–Kier alpha value is -1.51. The van der Waals surface area contributed by atoms with Gasteiger partial charge in [-0.25, -0.2) is 0 Å². The van der Waals surface area contributed by atoms with Crippen LogP contribution in [0.3, 0.4) is 0 Å². The molecule has 9 heteroatoms. The molecule has 0 atom stereocenters. The van der Waals surface area contributed by atoms with Crippen molar-refractivity contribution in [3.05, 3.63) is 29.8 Å². The number of amides is 1. The number of rotatable bonds is 8. The van der Waals surface area contributed by atoms with Crippen molar-refractivity contribution >= 4 is 18.3 Å². The predicted octanol–water partition coefficient (Wildman–Crippen LogP) is 1.86. The summed E-state index contributed by atoms with van der Waals surface area (Å²) in [4.78, 5) is 11.4. The topological polar surface area (TPSA) is 59.6 Å². The van der Waals surface area contributed by atoms with Crippen LogP contribution >= 0.6 is 12.4 Å². The summed E-state index contributed by atoms with van der Waals surface area (Å²) in [5.41, 5.74) is 0.676. The van der Waals surface area contributed by atoms with Crippen molar-refractivity contribution in [2.75, 3.05) is 26.8 Å². The lowest BCUT2D eigenvalue weighted by Gasteiger charge is -2.10. The Labute approximate surface area is 132 Å². The van der Waals surface area contributed by atoms with Gasteiger partial charge >= 0.3 is 6.36 Å². The summed E-state index contributed by atoms with van der Waals surface area (Å²) in [6.45, 7) is 1.46. The van der Waals surface area contributed by atoms with E-state index in [0.717, 1.165) is 0 Å². The molecule has 0 aliphatic heterocycles. The maximum absolute atomic E-state index is 12.0. The van der Waals surface area contributed by atoms with Gasteiger partial charge in [0.15, 0.2) is 0 Å². The molecule has 0 saturated heterocycles. The summed E-state index contributed by atoms with van der Waals surface area (Å²) in [6, 6.07) is 5.32. The molecule has 2 N–H and O–H groups in total. The van der Waals surface area contributed by atoms with Crippen LogP contribution in [0, 0.1) is 0 Å². The second-order valence-corrected chi connectivity index (χ2v) is 4.14. The molecule has 5 nitrogen and oxygen atoms in total. The van der Waals surface area contributed by atoms with Gasteiger partial charge in [-0.05, 0) is 17.7 Å². The number of hydrogen-bond donors (Lipinski definition) is 2. The van der Waals surface area contributed by atoms with Crippen LogP contribution < -0.4 is 15.4 Å². The molecule has 1 aromatic rings. The van der Waals surface area contributed by atoms with Crippen molar-refractivity contribution in [3.63, 3.8) is 0 Å². The van der Waals surface area contributed by atoms with E-state index in [9.17, 15) is 18.0 Å². The molecule has 0 spiro atoms. The van der Waals surface area contributed by atoms with Crippen LogP contribution in [0.2, 0.25) is 0 Å². The normalized spacial score (nSPS) is 10.7. The third-order valence-corrected chi connectivity index (χ3v) is 2.42. The number of benzene rings is 1. The number of alkyl halides is 3. The third kappa shape index (κ3) is 9.43. The van der Waals surface area contributed by atoms with Gasteiger partial charge in [-0.3, -0.25) is 4.79 Å². The standard InChI is InChI=1S/C13H17F3N2O3.ClH/c1-20-7-6-17-9-12(19)18-8-10-2-4-11(5-3-10)21-13(14,15)16;/h2-5,17H,6-9H2,1H3,(H,18,19);1H. The second kappa shape index (κ2) is 10.3. The van der Waals surface area contributed by atoms with Crippen molar-refractivity contribution in [2.45, 2.75) is 12.9 Å². The Balaban J connectivity index is 0.00000441. The molecule has 1 amide bonds. The molecule has 0 aliphatic rings. The minimum atomic E-state index is -4.70. The molecule has 0 bridgehead atoms. The Morgan fingerprint density at radius 1 is 1.23 bits per heavy atom. The zero-order valence-electron chi connectivity index (χ0n) is 11.9. The largest absolute Gasteiger partial charge is 0.573 e. The average molecular weight is 343 g/mol. The summed E-state index contributed by atoms with van der Waals surface area (Å²) in [5.74, 6) is -0.500. The lowest BCUT2D eigenvalue weighted by molar-refractivity contribution is -0.274. The van der Waals surface area contributed by atoms with Crippen LogP contribution in [-0.2, 0) is 16.1 Å². The van der Waals surface area contributed by atoms with Gasteiger partial charge in [-0.15, -0.1) is 25.6 Å². The van der Waals surface area contributed by atoms with Crippen LogP contribution in [0.15, 0.2) is 24.3 Å². The van der Waals surface area contributed by atoms with E-state index in [2.05, 4.69) is 15.4 Å². The van der Waals surface area contributed by atoms with E-state index in [1.807, 2.05) is 0 Å². The number of ether oxygens (including phenoxy) is 2. The fraction of sp³-hybridized carbons (Fsp3) is 0.462. The maximum Gasteiger partial charge on any atom is 0.573 e. The van der Waals surface area contributed by atoms with Crippen molar-refractivity contribution in [1.29, 1.82) is 0 Å². The van der Waals surface area contributed by atoms with E-state index in [4.69, 9.17) is 4.74 Å². The smallest absolute Gasteiger partial charge is 0.406 e. The quantitative estimate of drug-likeness (QED) is 0.708. The van der Waals surface area contributed by atoms with Gasteiger partial charge in [0.05, 0.1) is 13.2 Å². The molecule has 1 aromatic carbocycles. The molecule has 0 aromatic heterocycles. The van der Waals surface area contributed by atoms with Crippen molar-refractivity contribution < 1.29 is 27.4 Å².